The SMILES string of the molecule is CC(C)N(CCC(N)=S)C(=O)C1(C)CCCCC1. The molecule has 4 heteroatoms. The maximum atomic E-state index is 12.7. The average molecular weight is 270 g/mol. The summed E-state index contributed by atoms with van der Waals surface area (Å²) in [6.07, 6.45) is 6.25. The zero-order valence-electron chi connectivity index (χ0n) is 11.9. The van der Waals surface area contributed by atoms with E-state index in [4.69, 9.17) is 18.0 Å². The van der Waals surface area contributed by atoms with Crippen LogP contribution in [-0.4, -0.2) is 28.4 Å². The van der Waals surface area contributed by atoms with Crippen LogP contribution in [0.2, 0.25) is 0 Å². The summed E-state index contributed by atoms with van der Waals surface area (Å²) in [5.41, 5.74) is 5.38. The molecule has 1 rings (SSSR count). The second kappa shape index (κ2) is 6.50. The van der Waals surface area contributed by atoms with Gasteiger partial charge in [-0.05, 0) is 26.7 Å². The third kappa shape index (κ3) is 3.94. The van der Waals surface area contributed by atoms with Gasteiger partial charge in [0.1, 0.15) is 0 Å². The Morgan fingerprint density at radius 1 is 1.33 bits per heavy atom. The van der Waals surface area contributed by atoms with Crippen LogP contribution < -0.4 is 5.73 Å². The smallest absolute Gasteiger partial charge is 0.228 e. The minimum absolute atomic E-state index is 0.168. The minimum atomic E-state index is -0.168. The zero-order valence-corrected chi connectivity index (χ0v) is 12.7. The van der Waals surface area contributed by atoms with Crippen molar-refractivity contribution in [3.63, 3.8) is 0 Å². The highest BCUT2D eigenvalue weighted by Gasteiger charge is 2.38. The molecular weight excluding hydrogens is 244 g/mol. The van der Waals surface area contributed by atoms with E-state index < -0.39 is 0 Å². The van der Waals surface area contributed by atoms with Crippen LogP contribution in [0.1, 0.15) is 59.3 Å². The second-order valence-corrected chi connectivity index (χ2v) is 6.45. The van der Waals surface area contributed by atoms with Crippen LogP contribution in [0.5, 0.6) is 0 Å². The van der Waals surface area contributed by atoms with Gasteiger partial charge in [-0.3, -0.25) is 4.79 Å². The molecule has 1 aliphatic rings. The molecular formula is C14H26N2OS. The van der Waals surface area contributed by atoms with Gasteiger partial charge in [-0.1, -0.05) is 38.4 Å². The summed E-state index contributed by atoms with van der Waals surface area (Å²) >= 11 is 4.91. The molecule has 0 aromatic carbocycles. The van der Waals surface area contributed by atoms with Gasteiger partial charge < -0.3 is 10.6 Å². The lowest BCUT2D eigenvalue weighted by molar-refractivity contribution is -0.144. The molecule has 18 heavy (non-hydrogen) atoms. The van der Waals surface area contributed by atoms with Gasteiger partial charge in [0.2, 0.25) is 5.91 Å². The Bertz CT molecular complexity index is 309. The van der Waals surface area contributed by atoms with Gasteiger partial charge in [-0.15, -0.1) is 0 Å². The fourth-order valence-electron chi connectivity index (χ4n) is 2.72. The molecule has 104 valence electrons. The van der Waals surface area contributed by atoms with Gasteiger partial charge in [-0.25, -0.2) is 0 Å². The topological polar surface area (TPSA) is 46.3 Å². The highest BCUT2D eigenvalue weighted by molar-refractivity contribution is 7.80. The zero-order chi connectivity index (χ0) is 13.8. The van der Waals surface area contributed by atoms with Crippen molar-refractivity contribution in [2.45, 2.75) is 65.3 Å². The first kappa shape index (κ1) is 15.4. The number of nitrogens with zero attached hydrogens (tertiary/aromatic N) is 1. The molecule has 0 aromatic rings. The number of thiocarbonyl (C=S) groups is 1. The van der Waals surface area contributed by atoms with E-state index >= 15 is 0 Å². The number of amides is 1. The number of rotatable bonds is 5. The summed E-state index contributed by atoms with van der Waals surface area (Å²) in [4.78, 5) is 15.2. The standard InChI is InChI=1S/C14H26N2OS/c1-11(2)16(10-7-12(15)18)13(17)14(3)8-5-4-6-9-14/h11H,4-10H2,1-3H3,(H2,15,18). The van der Waals surface area contributed by atoms with E-state index in [2.05, 4.69) is 20.8 Å². The second-order valence-electron chi connectivity index (χ2n) is 5.93. The third-order valence-corrected chi connectivity index (χ3v) is 4.16. The normalized spacial score (nSPS) is 18.7. The van der Waals surface area contributed by atoms with Crippen molar-refractivity contribution in [2.75, 3.05) is 6.54 Å². The van der Waals surface area contributed by atoms with Crippen molar-refractivity contribution in [3.8, 4) is 0 Å². The van der Waals surface area contributed by atoms with E-state index in [-0.39, 0.29) is 17.4 Å². The maximum absolute atomic E-state index is 12.7. The number of nitrogens with two attached hydrogens (primary N) is 1. The predicted molar refractivity (Wildman–Crippen MR) is 79.4 cm³/mol. The summed E-state index contributed by atoms with van der Waals surface area (Å²) < 4.78 is 0. The summed E-state index contributed by atoms with van der Waals surface area (Å²) in [6, 6.07) is 0.214. The third-order valence-electron chi connectivity index (χ3n) is 3.96. The Morgan fingerprint density at radius 3 is 2.33 bits per heavy atom. The van der Waals surface area contributed by atoms with Crippen molar-refractivity contribution in [2.24, 2.45) is 11.1 Å². The molecule has 0 heterocycles. The van der Waals surface area contributed by atoms with E-state index in [1.165, 1.54) is 19.3 Å². The van der Waals surface area contributed by atoms with Crippen LogP contribution in [-0.2, 0) is 4.79 Å². The van der Waals surface area contributed by atoms with E-state index in [0.29, 0.717) is 18.0 Å². The van der Waals surface area contributed by atoms with Gasteiger partial charge in [0, 0.05) is 24.4 Å². The Kier molecular flexibility index (Phi) is 5.57. The monoisotopic (exact) mass is 270 g/mol. The van der Waals surface area contributed by atoms with Gasteiger partial charge in [-0.2, -0.15) is 0 Å². The Morgan fingerprint density at radius 2 is 1.89 bits per heavy atom. The van der Waals surface area contributed by atoms with Crippen LogP contribution in [0.4, 0.5) is 0 Å². The molecule has 1 saturated carbocycles. The summed E-state index contributed by atoms with van der Waals surface area (Å²) in [6.45, 7) is 6.89. The highest BCUT2D eigenvalue weighted by Crippen LogP contribution is 2.37. The van der Waals surface area contributed by atoms with E-state index in [1.807, 2.05) is 4.90 Å². The quantitative estimate of drug-likeness (QED) is 0.781. The Labute approximate surface area is 116 Å². The molecule has 0 saturated heterocycles. The minimum Gasteiger partial charge on any atom is -0.393 e. The van der Waals surface area contributed by atoms with Gasteiger partial charge in [0.15, 0.2) is 0 Å². The first-order valence-electron chi connectivity index (χ1n) is 6.96. The molecule has 0 atom stereocenters. The van der Waals surface area contributed by atoms with Gasteiger partial charge in [0.05, 0.1) is 4.99 Å². The van der Waals surface area contributed by atoms with Crippen LogP contribution in [0.3, 0.4) is 0 Å². The summed E-state index contributed by atoms with van der Waals surface area (Å²) in [5, 5.41) is 0. The molecule has 3 nitrogen and oxygen atoms in total. The van der Waals surface area contributed by atoms with Crippen LogP contribution in [0.15, 0.2) is 0 Å². The summed E-state index contributed by atoms with van der Waals surface area (Å²) in [5.74, 6) is 0.286. The lowest BCUT2D eigenvalue weighted by atomic mass is 9.74. The fraction of sp³-hybridized carbons (Fsp3) is 0.857. The first-order chi connectivity index (χ1) is 8.37. The highest BCUT2D eigenvalue weighted by atomic mass is 32.1. The molecule has 0 unspecified atom stereocenters. The number of hydrogen-bond donors (Lipinski definition) is 1. The largest absolute Gasteiger partial charge is 0.393 e. The average Bonchev–Trinajstić information content (AvgIpc) is 2.29. The van der Waals surface area contributed by atoms with Crippen molar-refractivity contribution in [1.82, 2.24) is 4.90 Å². The van der Waals surface area contributed by atoms with E-state index in [9.17, 15) is 4.79 Å². The van der Waals surface area contributed by atoms with E-state index in [1.54, 1.807) is 0 Å². The van der Waals surface area contributed by atoms with Gasteiger partial charge >= 0.3 is 0 Å². The molecule has 0 aliphatic heterocycles. The molecule has 0 aromatic heterocycles. The Balaban J connectivity index is 2.71. The Hall–Kier alpha value is -0.640. The first-order valence-corrected chi connectivity index (χ1v) is 7.37. The molecule has 0 bridgehead atoms. The van der Waals surface area contributed by atoms with Crippen LogP contribution >= 0.6 is 12.2 Å². The molecule has 1 fully saturated rings. The van der Waals surface area contributed by atoms with Crippen LogP contribution in [0.25, 0.3) is 0 Å². The summed E-state index contributed by atoms with van der Waals surface area (Å²) in [7, 11) is 0. The molecule has 1 amide bonds. The fourth-order valence-corrected chi connectivity index (χ4v) is 2.81. The van der Waals surface area contributed by atoms with Crippen molar-refractivity contribution >= 4 is 23.1 Å². The maximum Gasteiger partial charge on any atom is 0.228 e. The molecule has 0 radical (unpaired) electrons. The predicted octanol–water partition coefficient (Wildman–Crippen LogP) is 2.87. The molecule has 0 spiro atoms. The van der Waals surface area contributed by atoms with Crippen molar-refractivity contribution in [1.29, 1.82) is 0 Å². The molecule has 1 aliphatic carbocycles. The van der Waals surface area contributed by atoms with Crippen molar-refractivity contribution in [3.05, 3.63) is 0 Å². The lowest BCUT2D eigenvalue weighted by Gasteiger charge is -2.39. The number of hydrogen-bond acceptors (Lipinski definition) is 2. The number of carbonyl (C=O) groups excluding carboxylic acids is 1. The van der Waals surface area contributed by atoms with Crippen LogP contribution in [0, 0.1) is 5.41 Å². The molecule has 2 N–H and O–H groups in total. The van der Waals surface area contributed by atoms with Crippen molar-refractivity contribution < 1.29 is 4.79 Å². The number of carbonyl (C=O) groups is 1. The lowest BCUT2D eigenvalue weighted by Crippen LogP contribution is -2.47. The van der Waals surface area contributed by atoms with Gasteiger partial charge in [0.25, 0.3) is 0 Å². The van der Waals surface area contributed by atoms with E-state index in [0.717, 1.165) is 12.8 Å².